The molecule has 0 aromatic rings. The Labute approximate surface area is 67.7 Å². The van der Waals surface area contributed by atoms with Gasteiger partial charge in [-0.2, -0.15) is 0 Å². The third-order valence-electron chi connectivity index (χ3n) is 2.12. The normalized spacial score (nSPS) is 17.1. The molecule has 1 amide bonds. The Morgan fingerprint density at radius 2 is 2.36 bits per heavy atom. The molecule has 1 fully saturated rings. The Morgan fingerprint density at radius 1 is 1.64 bits per heavy atom. The average Bonchev–Trinajstić information content (AvgIpc) is 1.84. The molecule has 0 aromatic carbocycles. The third-order valence-corrected chi connectivity index (χ3v) is 2.12. The zero-order valence-electron chi connectivity index (χ0n) is 6.81. The van der Waals surface area contributed by atoms with Gasteiger partial charge in [-0.1, -0.05) is 12.5 Å². The molecule has 1 aliphatic rings. The van der Waals surface area contributed by atoms with E-state index >= 15 is 0 Å². The van der Waals surface area contributed by atoms with Gasteiger partial charge in [0.2, 0.25) is 5.91 Å². The molecule has 0 heterocycles. The molecule has 0 bridgehead atoms. The van der Waals surface area contributed by atoms with Gasteiger partial charge in [0.05, 0.1) is 0 Å². The van der Waals surface area contributed by atoms with Crippen LogP contribution in [-0.2, 0) is 4.79 Å². The molecule has 0 spiro atoms. The molecule has 62 valence electrons. The summed E-state index contributed by atoms with van der Waals surface area (Å²) in [7, 11) is 0. The first-order valence-electron chi connectivity index (χ1n) is 4.23. The predicted molar refractivity (Wildman–Crippen MR) is 45.2 cm³/mol. The molecule has 1 rings (SSSR count). The molecule has 0 saturated heterocycles. The van der Waals surface area contributed by atoms with E-state index in [0.29, 0.717) is 5.92 Å². The second-order valence-electron chi connectivity index (χ2n) is 3.00. The molecular weight excluding hydrogens is 138 g/mol. The number of hydrogen-bond donors (Lipinski definition) is 1. The van der Waals surface area contributed by atoms with Crippen LogP contribution in [0.15, 0.2) is 12.7 Å². The van der Waals surface area contributed by atoms with Crippen LogP contribution in [0.5, 0.6) is 0 Å². The van der Waals surface area contributed by atoms with E-state index < -0.39 is 0 Å². The number of carbonyl (C=O) groups excluding carboxylic acids is 1. The first-order valence-corrected chi connectivity index (χ1v) is 4.23. The van der Waals surface area contributed by atoms with Gasteiger partial charge in [0.25, 0.3) is 0 Å². The molecule has 0 aromatic heterocycles. The summed E-state index contributed by atoms with van der Waals surface area (Å²) in [4.78, 5) is 11.2. The second-order valence-corrected chi connectivity index (χ2v) is 3.00. The SMILES string of the molecule is C=CCCNC(=O)C1CCC1. The molecule has 1 N–H and O–H groups in total. The Bertz CT molecular complexity index is 150. The molecule has 11 heavy (non-hydrogen) atoms. The number of carbonyl (C=O) groups is 1. The topological polar surface area (TPSA) is 29.1 Å². The van der Waals surface area contributed by atoms with Gasteiger partial charge in [-0.05, 0) is 19.3 Å². The fourth-order valence-corrected chi connectivity index (χ4v) is 1.11. The maximum atomic E-state index is 11.2. The van der Waals surface area contributed by atoms with Crippen molar-refractivity contribution in [1.82, 2.24) is 5.32 Å². The molecule has 0 aliphatic heterocycles. The summed E-state index contributed by atoms with van der Waals surface area (Å²) in [5, 5.41) is 2.88. The first kappa shape index (κ1) is 8.31. The van der Waals surface area contributed by atoms with Crippen LogP contribution in [0.3, 0.4) is 0 Å². The molecule has 0 unspecified atom stereocenters. The highest BCUT2D eigenvalue weighted by atomic mass is 16.1. The molecule has 1 aliphatic carbocycles. The van der Waals surface area contributed by atoms with Crippen molar-refractivity contribution in [2.75, 3.05) is 6.54 Å². The van der Waals surface area contributed by atoms with E-state index in [1.54, 1.807) is 0 Å². The monoisotopic (exact) mass is 153 g/mol. The van der Waals surface area contributed by atoms with Crippen LogP contribution >= 0.6 is 0 Å². The minimum absolute atomic E-state index is 0.234. The van der Waals surface area contributed by atoms with E-state index in [0.717, 1.165) is 25.8 Å². The van der Waals surface area contributed by atoms with Crippen LogP contribution in [0.4, 0.5) is 0 Å². The fraction of sp³-hybridized carbons (Fsp3) is 0.667. The van der Waals surface area contributed by atoms with Crippen molar-refractivity contribution in [2.45, 2.75) is 25.7 Å². The van der Waals surface area contributed by atoms with Gasteiger partial charge in [-0.15, -0.1) is 6.58 Å². The maximum absolute atomic E-state index is 11.2. The minimum Gasteiger partial charge on any atom is -0.356 e. The van der Waals surface area contributed by atoms with Crippen LogP contribution in [0.1, 0.15) is 25.7 Å². The Balaban J connectivity index is 2.05. The smallest absolute Gasteiger partial charge is 0.223 e. The van der Waals surface area contributed by atoms with Gasteiger partial charge in [0.1, 0.15) is 0 Å². The zero-order chi connectivity index (χ0) is 8.10. The van der Waals surface area contributed by atoms with E-state index in [4.69, 9.17) is 0 Å². The maximum Gasteiger partial charge on any atom is 0.223 e. The highest BCUT2D eigenvalue weighted by molar-refractivity contribution is 5.79. The molecule has 0 radical (unpaired) electrons. The fourth-order valence-electron chi connectivity index (χ4n) is 1.11. The van der Waals surface area contributed by atoms with Crippen molar-refractivity contribution in [3.63, 3.8) is 0 Å². The molecular formula is C9H15NO. The van der Waals surface area contributed by atoms with Gasteiger partial charge in [-0.3, -0.25) is 4.79 Å². The summed E-state index contributed by atoms with van der Waals surface area (Å²) >= 11 is 0. The lowest BCUT2D eigenvalue weighted by atomic mass is 9.85. The molecule has 0 atom stereocenters. The van der Waals surface area contributed by atoms with E-state index in [-0.39, 0.29) is 5.91 Å². The summed E-state index contributed by atoms with van der Waals surface area (Å²) < 4.78 is 0. The van der Waals surface area contributed by atoms with Crippen molar-refractivity contribution in [2.24, 2.45) is 5.92 Å². The number of amides is 1. The number of nitrogens with one attached hydrogen (secondary N) is 1. The van der Waals surface area contributed by atoms with E-state index in [1.165, 1.54) is 6.42 Å². The highest BCUT2D eigenvalue weighted by Gasteiger charge is 2.24. The standard InChI is InChI=1S/C9H15NO/c1-2-3-7-10-9(11)8-5-4-6-8/h2,8H,1,3-7H2,(H,10,11). The van der Waals surface area contributed by atoms with E-state index in [2.05, 4.69) is 11.9 Å². The van der Waals surface area contributed by atoms with Crippen LogP contribution in [-0.4, -0.2) is 12.5 Å². The van der Waals surface area contributed by atoms with Crippen LogP contribution < -0.4 is 5.32 Å². The summed E-state index contributed by atoms with van der Waals surface area (Å²) in [5.74, 6) is 0.554. The number of hydrogen-bond acceptors (Lipinski definition) is 1. The van der Waals surface area contributed by atoms with Crippen molar-refractivity contribution >= 4 is 5.91 Å². The summed E-state index contributed by atoms with van der Waals surface area (Å²) in [6.45, 7) is 4.33. The lowest BCUT2D eigenvalue weighted by Gasteiger charge is -2.23. The van der Waals surface area contributed by atoms with Gasteiger partial charge in [0, 0.05) is 12.5 Å². The van der Waals surface area contributed by atoms with Crippen LogP contribution in [0, 0.1) is 5.92 Å². The van der Waals surface area contributed by atoms with Crippen LogP contribution in [0.25, 0.3) is 0 Å². The minimum atomic E-state index is 0.234. The first-order chi connectivity index (χ1) is 5.34. The highest BCUT2D eigenvalue weighted by Crippen LogP contribution is 2.25. The van der Waals surface area contributed by atoms with Gasteiger partial charge < -0.3 is 5.32 Å². The van der Waals surface area contributed by atoms with Crippen molar-refractivity contribution in [1.29, 1.82) is 0 Å². The van der Waals surface area contributed by atoms with E-state index in [9.17, 15) is 4.79 Å². The predicted octanol–water partition coefficient (Wildman–Crippen LogP) is 1.48. The van der Waals surface area contributed by atoms with Gasteiger partial charge in [-0.25, -0.2) is 0 Å². The quantitative estimate of drug-likeness (QED) is 0.481. The number of rotatable bonds is 4. The van der Waals surface area contributed by atoms with E-state index in [1.807, 2.05) is 6.08 Å². The van der Waals surface area contributed by atoms with Gasteiger partial charge in [0.15, 0.2) is 0 Å². The van der Waals surface area contributed by atoms with Crippen molar-refractivity contribution in [3.8, 4) is 0 Å². The third kappa shape index (κ3) is 2.37. The summed E-state index contributed by atoms with van der Waals surface area (Å²) in [5.41, 5.74) is 0. The Kier molecular flexibility index (Phi) is 3.14. The Morgan fingerprint density at radius 3 is 2.82 bits per heavy atom. The van der Waals surface area contributed by atoms with Crippen LogP contribution in [0.2, 0.25) is 0 Å². The molecule has 2 nitrogen and oxygen atoms in total. The average molecular weight is 153 g/mol. The molecule has 1 saturated carbocycles. The zero-order valence-corrected chi connectivity index (χ0v) is 6.81. The lowest BCUT2D eigenvalue weighted by Crippen LogP contribution is -2.34. The molecule has 2 heteroatoms. The largest absolute Gasteiger partial charge is 0.356 e. The van der Waals surface area contributed by atoms with Crippen molar-refractivity contribution in [3.05, 3.63) is 12.7 Å². The summed E-state index contributed by atoms with van der Waals surface area (Å²) in [6, 6.07) is 0. The Hall–Kier alpha value is -0.790. The second kappa shape index (κ2) is 4.16. The summed E-state index contributed by atoms with van der Waals surface area (Å²) in [6.07, 6.45) is 6.08. The van der Waals surface area contributed by atoms with Gasteiger partial charge >= 0.3 is 0 Å². The van der Waals surface area contributed by atoms with Crippen molar-refractivity contribution < 1.29 is 4.79 Å². The lowest BCUT2D eigenvalue weighted by molar-refractivity contribution is -0.127.